The van der Waals surface area contributed by atoms with Gasteiger partial charge in [-0.15, -0.1) is 0 Å². The summed E-state index contributed by atoms with van der Waals surface area (Å²) < 4.78 is 4.31. The lowest BCUT2D eigenvalue weighted by Crippen LogP contribution is -2.33. The van der Waals surface area contributed by atoms with Crippen LogP contribution in [0.2, 0.25) is 0 Å². The molecule has 4 heteroatoms. The summed E-state index contributed by atoms with van der Waals surface area (Å²) in [5, 5.41) is 0. The minimum atomic E-state index is 0.551. The van der Waals surface area contributed by atoms with E-state index in [1.807, 2.05) is 0 Å². The van der Waals surface area contributed by atoms with Crippen LogP contribution in [0.25, 0.3) is 0 Å². The van der Waals surface area contributed by atoms with Crippen LogP contribution in [-0.4, -0.2) is 34.1 Å². The molecule has 0 bridgehead atoms. The molecule has 18 heavy (non-hydrogen) atoms. The standard InChI is InChI=1S/C7H14N2.C7H13N2/c1-4-9-6-5-8(3)7(9)2;1-3-8-5-6-9(4-2)7-8/h5-7H,4H2,1-3H3;5-7H,3-4H2,1-2H3/q;+1. The largest absolute Gasteiger partial charge is 0.359 e. The number of imidazole rings is 1. The molecule has 102 valence electrons. The number of nitrogens with zero attached hydrogens (tertiary/aromatic N) is 4. The van der Waals surface area contributed by atoms with E-state index in [0.717, 1.165) is 19.6 Å². The highest BCUT2D eigenvalue weighted by atomic mass is 15.4. The zero-order valence-corrected chi connectivity index (χ0v) is 12.4. The van der Waals surface area contributed by atoms with Gasteiger partial charge in [-0.1, -0.05) is 0 Å². The second kappa shape index (κ2) is 7.09. The van der Waals surface area contributed by atoms with E-state index in [4.69, 9.17) is 0 Å². The van der Waals surface area contributed by atoms with Crippen LogP contribution in [0.4, 0.5) is 0 Å². The molecule has 4 nitrogen and oxygen atoms in total. The van der Waals surface area contributed by atoms with Crippen LogP contribution in [0.5, 0.6) is 0 Å². The third-order valence-electron chi connectivity index (χ3n) is 3.40. The van der Waals surface area contributed by atoms with E-state index in [9.17, 15) is 0 Å². The lowest BCUT2D eigenvalue weighted by molar-refractivity contribution is -0.693. The number of rotatable bonds is 3. The fourth-order valence-electron chi connectivity index (χ4n) is 1.86. The summed E-state index contributed by atoms with van der Waals surface area (Å²) in [4.78, 5) is 4.49. The van der Waals surface area contributed by atoms with Gasteiger partial charge in [-0.2, -0.15) is 0 Å². The number of hydrogen-bond acceptors (Lipinski definition) is 2. The number of aryl methyl sites for hydroxylation is 2. The van der Waals surface area contributed by atoms with Gasteiger partial charge in [0, 0.05) is 26.0 Å². The summed E-state index contributed by atoms with van der Waals surface area (Å²) in [7, 11) is 2.09. The van der Waals surface area contributed by atoms with Crippen LogP contribution >= 0.6 is 0 Å². The highest BCUT2D eigenvalue weighted by molar-refractivity contribution is 4.92. The maximum atomic E-state index is 2.29. The van der Waals surface area contributed by atoms with Crippen molar-refractivity contribution in [2.24, 2.45) is 0 Å². The van der Waals surface area contributed by atoms with E-state index in [0.29, 0.717) is 6.17 Å². The first-order valence-electron chi connectivity index (χ1n) is 6.83. The molecule has 1 atom stereocenters. The van der Waals surface area contributed by atoms with E-state index < -0.39 is 0 Å². The molecule has 0 aromatic carbocycles. The van der Waals surface area contributed by atoms with Crippen molar-refractivity contribution in [2.75, 3.05) is 13.6 Å². The Balaban J connectivity index is 0.000000180. The second-order valence-electron chi connectivity index (χ2n) is 4.50. The normalized spacial score (nSPS) is 17.9. The van der Waals surface area contributed by atoms with E-state index in [-0.39, 0.29) is 0 Å². The Kier molecular flexibility index (Phi) is 5.75. The Morgan fingerprint density at radius 3 is 2.11 bits per heavy atom. The van der Waals surface area contributed by atoms with Gasteiger partial charge in [-0.3, -0.25) is 0 Å². The van der Waals surface area contributed by atoms with Crippen LogP contribution in [-0.2, 0) is 13.1 Å². The predicted octanol–water partition coefficient (Wildman–Crippen LogP) is 1.89. The monoisotopic (exact) mass is 251 g/mol. The lowest BCUT2D eigenvalue weighted by atomic mass is 10.5. The first-order chi connectivity index (χ1) is 8.62. The van der Waals surface area contributed by atoms with Crippen molar-refractivity contribution < 1.29 is 4.57 Å². The minimum Gasteiger partial charge on any atom is -0.359 e. The van der Waals surface area contributed by atoms with Crippen LogP contribution in [0.1, 0.15) is 27.7 Å². The summed E-state index contributed by atoms with van der Waals surface area (Å²) in [5.74, 6) is 0. The molecule has 1 aromatic heterocycles. The molecule has 0 radical (unpaired) electrons. The van der Waals surface area contributed by atoms with Crippen molar-refractivity contribution in [1.82, 2.24) is 14.4 Å². The van der Waals surface area contributed by atoms with E-state index in [2.05, 4.69) is 84.8 Å². The molecule has 0 fully saturated rings. The Bertz CT molecular complexity index is 351. The highest BCUT2D eigenvalue weighted by Crippen LogP contribution is 2.11. The summed E-state index contributed by atoms with van der Waals surface area (Å²) >= 11 is 0. The second-order valence-corrected chi connectivity index (χ2v) is 4.50. The van der Waals surface area contributed by atoms with Gasteiger partial charge in [0.1, 0.15) is 12.4 Å². The van der Waals surface area contributed by atoms with Gasteiger partial charge in [0.15, 0.2) is 0 Å². The Morgan fingerprint density at radius 1 is 1.11 bits per heavy atom. The topological polar surface area (TPSA) is 15.3 Å². The molecule has 1 aliphatic rings. The summed E-state index contributed by atoms with van der Waals surface area (Å²) in [6.07, 6.45) is 11.1. The van der Waals surface area contributed by atoms with Gasteiger partial charge < -0.3 is 9.80 Å². The van der Waals surface area contributed by atoms with Gasteiger partial charge in [0.2, 0.25) is 6.33 Å². The molecule has 2 heterocycles. The maximum absolute atomic E-state index is 2.29. The fraction of sp³-hybridized carbons (Fsp3) is 0.643. The SMILES string of the molecule is CCN1C=CN(C)C1C.CCn1cc[n+](CC)c1. The third kappa shape index (κ3) is 3.79. The third-order valence-corrected chi connectivity index (χ3v) is 3.40. The van der Waals surface area contributed by atoms with Gasteiger partial charge in [0.05, 0.1) is 19.3 Å². The molecule has 0 saturated heterocycles. The summed E-state index contributed by atoms with van der Waals surface area (Å²) in [6.45, 7) is 11.9. The van der Waals surface area contributed by atoms with Crippen molar-refractivity contribution in [3.05, 3.63) is 31.1 Å². The van der Waals surface area contributed by atoms with Crippen molar-refractivity contribution in [3.63, 3.8) is 0 Å². The summed E-state index contributed by atoms with van der Waals surface area (Å²) in [6, 6.07) is 0. The zero-order chi connectivity index (χ0) is 13.5. The number of hydrogen-bond donors (Lipinski definition) is 0. The Morgan fingerprint density at radius 2 is 1.83 bits per heavy atom. The first-order valence-corrected chi connectivity index (χ1v) is 6.83. The molecule has 0 aliphatic carbocycles. The van der Waals surface area contributed by atoms with Crippen LogP contribution in [0.3, 0.4) is 0 Å². The molecule has 0 amide bonds. The number of aromatic nitrogens is 2. The van der Waals surface area contributed by atoms with Crippen LogP contribution < -0.4 is 4.57 Å². The van der Waals surface area contributed by atoms with Crippen molar-refractivity contribution in [1.29, 1.82) is 0 Å². The van der Waals surface area contributed by atoms with Crippen molar-refractivity contribution >= 4 is 0 Å². The van der Waals surface area contributed by atoms with E-state index in [1.54, 1.807) is 0 Å². The first kappa shape index (κ1) is 14.6. The van der Waals surface area contributed by atoms with Crippen LogP contribution in [0.15, 0.2) is 31.1 Å². The van der Waals surface area contributed by atoms with Crippen LogP contribution in [0, 0.1) is 0 Å². The van der Waals surface area contributed by atoms with E-state index in [1.165, 1.54) is 0 Å². The smallest absolute Gasteiger partial charge is 0.243 e. The minimum absolute atomic E-state index is 0.551. The molecule has 0 saturated carbocycles. The average Bonchev–Trinajstić information content (AvgIpc) is 2.98. The maximum Gasteiger partial charge on any atom is 0.243 e. The average molecular weight is 251 g/mol. The molecular weight excluding hydrogens is 224 g/mol. The van der Waals surface area contributed by atoms with Gasteiger partial charge in [0.25, 0.3) is 0 Å². The molecule has 1 aromatic rings. The highest BCUT2D eigenvalue weighted by Gasteiger charge is 2.15. The molecular formula is C14H27N4+. The van der Waals surface area contributed by atoms with Gasteiger partial charge >= 0.3 is 0 Å². The molecule has 0 N–H and O–H groups in total. The molecule has 0 spiro atoms. The fourth-order valence-corrected chi connectivity index (χ4v) is 1.86. The van der Waals surface area contributed by atoms with Crippen molar-refractivity contribution in [2.45, 2.75) is 47.0 Å². The summed E-state index contributed by atoms with van der Waals surface area (Å²) in [5.41, 5.74) is 0. The lowest BCUT2D eigenvalue weighted by Gasteiger charge is -2.25. The van der Waals surface area contributed by atoms with Gasteiger partial charge in [-0.25, -0.2) is 9.13 Å². The Labute approximate surface area is 111 Å². The quantitative estimate of drug-likeness (QED) is 0.762. The predicted molar refractivity (Wildman–Crippen MR) is 74.7 cm³/mol. The van der Waals surface area contributed by atoms with Crippen molar-refractivity contribution in [3.8, 4) is 0 Å². The zero-order valence-electron chi connectivity index (χ0n) is 12.4. The van der Waals surface area contributed by atoms with E-state index >= 15 is 0 Å². The molecule has 2 rings (SSSR count). The molecule has 1 aliphatic heterocycles. The molecule has 1 unspecified atom stereocenters. The Hall–Kier alpha value is -1.45. The van der Waals surface area contributed by atoms with Gasteiger partial charge in [-0.05, 0) is 27.7 Å².